The molecule has 0 spiro atoms. The summed E-state index contributed by atoms with van der Waals surface area (Å²) in [7, 11) is 1.63. The number of ether oxygens (including phenoxy) is 2. The zero-order valence-corrected chi connectivity index (χ0v) is 17.4. The summed E-state index contributed by atoms with van der Waals surface area (Å²) in [6.07, 6.45) is 0. The van der Waals surface area contributed by atoms with E-state index in [0.29, 0.717) is 10.9 Å². The number of amides is 1. The molecule has 0 saturated heterocycles. The number of anilines is 1. The molecule has 7 heteroatoms. The smallest absolute Gasteiger partial charge is 0.264 e. The van der Waals surface area contributed by atoms with Gasteiger partial charge in [0.15, 0.2) is 11.7 Å². The first-order valence-corrected chi connectivity index (χ1v) is 10.2. The number of carbonyl (C=O) groups is 1. The SMILES string of the molecule is COc1ccc(OCC(=O)Nc2nc(-c3cccs3)cs2)c(C(C)(C)C)c1. The van der Waals surface area contributed by atoms with E-state index in [4.69, 9.17) is 9.47 Å². The van der Waals surface area contributed by atoms with Gasteiger partial charge in [0.2, 0.25) is 0 Å². The molecule has 0 fully saturated rings. The van der Waals surface area contributed by atoms with Gasteiger partial charge < -0.3 is 9.47 Å². The van der Waals surface area contributed by atoms with Crippen molar-refractivity contribution < 1.29 is 14.3 Å². The van der Waals surface area contributed by atoms with Crippen LogP contribution in [0.3, 0.4) is 0 Å². The molecule has 142 valence electrons. The molecule has 0 radical (unpaired) electrons. The number of rotatable bonds is 6. The predicted molar refractivity (Wildman–Crippen MR) is 111 cm³/mol. The third kappa shape index (κ3) is 4.87. The topological polar surface area (TPSA) is 60.5 Å². The second-order valence-electron chi connectivity index (χ2n) is 6.96. The van der Waals surface area contributed by atoms with Gasteiger partial charge in [-0.05, 0) is 35.1 Å². The average molecular weight is 403 g/mol. The Kier molecular flexibility index (Phi) is 5.82. The van der Waals surface area contributed by atoms with E-state index in [2.05, 4.69) is 31.1 Å². The Morgan fingerprint density at radius 2 is 2.04 bits per heavy atom. The van der Waals surface area contributed by atoms with Crippen LogP contribution in [0.15, 0.2) is 41.1 Å². The standard InChI is InChI=1S/C20H22N2O3S2/c1-20(2,3)14-10-13(24-4)7-8-16(14)25-11-18(23)22-19-21-15(12-27-19)17-6-5-9-26-17/h5-10,12H,11H2,1-4H3,(H,21,22,23). The molecule has 0 bridgehead atoms. The number of benzene rings is 1. The molecule has 1 aromatic carbocycles. The van der Waals surface area contributed by atoms with Gasteiger partial charge in [0.05, 0.1) is 17.7 Å². The van der Waals surface area contributed by atoms with Crippen molar-refractivity contribution in [2.45, 2.75) is 26.2 Å². The summed E-state index contributed by atoms with van der Waals surface area (Å²) in [5.74, 6) is 1.20. The van der Waals surface area contributed by atoms with Gasteiger partial charge in [-0.2, -0.15) is 0 Å². The summed E-state index contributed by atoms with van der Waals surface area (Å²) in [5.41, 5.74) is 1.73. The van der Waals surface area contributed by atoms with Crippen molar-refractivity contribution in [3.8, 4) is 22.1 Å². The number of nitrogens with zero attached hydrogens (tertiary/aromatic N) is 1. The molecule has 2 aromatic heterocycles. The fourth-order valence-corrected chi connectivity index (χ4v) is 4.00. The van der Waals surface area contributed by atoms with Gasteiger partial charge in [-0.25, -0.2) is 4.98 Å². The van der Waals surface area contributed by atoms with Crippen LogP contribution in [0.1, 0.15) is 26.3 Å². The monoisotopic (exact) mass is 402 g/mol. The Balaban J connectivity index is 1.64. The quantitative estimate of drug-likeness (QED) is 0.616. The molecule has 5 nitrogen and oxygen atoms in total. The van der Waals surface area contributed by atoms with Crippen LogP contribution in [0, 0.1) is 0 Å². The minimum atomic E-state index is -0.238. The second kappa shape index (κ2) is 8.10. The van der Waals surface area contributed by atoms with E-state index >= 15 is 0 Å². The normalized spacial score (nSPS) is 11.3. The number of hydrogen-bond acceptors (Lipinski definition) is 6. The molecular formula is C20H22N2O3S2. The van der Waals surface area contributed by atoms with Crippen molar-refractivity contribution in [3.05, 3.63) is 46.7 Å². The molecule has 0 aliphatic heterocycles. The highest BCUT2D eigenvalue weighted by Gasteiger charge is 2.20. The van der Waals surface area contributed by atoms with E-state index in [-0.39, 0.29) is 17.9 Å². The Hall–Kier alpha value is -2.38. The lowest BCUT2D eigenvalue weighted by Crippen LogP contribution is -2.22. The van der Waals surface area contributed by atoms with E-state index in [0.717, 1.165) is 21.9 Å². The molecule has 1 N–H and O–H groups in total. The molecule has 0 aliphatic carbocycles. The van der Waals surface area contributed by atoms with Crippen LogP contribution in [0.5, 0.6) is 11.5 Å². The van der Waals surface area contributed by atoms with Gasteiger partial charge in [0.25, 0.3) is 5.91 Å². The molecule has 0 aliphatic rings. The van der Waals surface area contributed by atoms with Gasteiger partial charge >= 0.3 is 0 Å². The second-order valence-corrected chi connectivity index (χ2v) is 8.77. The Morgan fingerprint density at radius 1 is 1.22 bits per heavy atom. The number of methoxy groups -OCH3 is 1. The van der Waals surface area contributed by atoms with E-state index in [1.807, 2.05) is 41.1 Å². The fraction of sp³-hybridized carbons (Fsp3) is 0.300. The van der Waals surface area contributed by atoms with Gasteiger partial charge in [0, 0.05) is 10.9 Å². The molecule has 1 amide bonds. The van der Waals surface area contributed by atoms with Crippen molar-refractivity contribution in [2.24, 2.45) is 0 Å². The molecule has 0 saturated carbocycles. The van der Waals surface area contributed by atoms with Crippen molar-refractivity contribution >= 4 is 33.7 Å². The minimum Gasteiger partial charge on any atom is -0.497 e. The molecule has 3 rings (SSSR count). The highest BCUT2D eigenvalue weighted by molar-refractivity contribution is 7.16. The largest absolute Gasteiger partial charge is 0.497 e. The number of aromatic nitrogens is 1. The van der Waals surface area contributed by atoms with Crippen LogP contribution in [0.2, 0.25) is 0 Å². The molecule has 3 aromatic rings. The average Bonchev–Trinajstić information content (AvgIpc) is 3.30. The predicted octanol–water partition coefficient (Wildman–Crippen LogP) is 5.20. The lowest BCUT2D eigenvalue weighted by atomic mass is 9.86. The van der Waals surface area contributed by atoms with Gasteiger partial charge in [-0.1, -0.05) is 26.8 Å². The Labute approximate surface area is 167 Å². The maximum atomic E-state index is 12.3. The number of carbonyl (C=O) groups excluding carboxylic acids is 1. The summed E-state index contributed by atoms with van der Waals surface area (Å²) in [5, 5.41) is 7.30. The molecule has 2 heterocycles. The van der Waals surface area contributed by atoms with E-state index in [1.165, 1.54) is 11.3 Å². The minimum absolute atomic E-state index is 0.0800. The van der Waals surface area contributed by atoms with Crippen molar-refractivity contribution in [1.82, 2.24) is 4.98 Å². The van der Waals surface area contributed by atoms with Crippen LogP contribution in [-0.4, -0.2) is 24.6 Å². The number of thiophene rings is 1. The summed E-state index contributed by atoms with van der Waals surface area (Å²) >= 11 is 3.02. The summed E-state index contributed by atoms with van der Waals surface area (Å²) in [6, 6.07) is 9.60. The van der Waals surface area contributed by atoms with Crippen LogP contribution >= 0.6 is 22.7 Å². The number of nitrogens with one attached hydrogen (secondary N) is 1. The number of hydrogen-bond donors (Lipinski definition) is 1. The summed E-state index contributed by atoms with van der Waals surface area (Å²) < 4.78 is 11.1. The van der Waals surface area contributed by atoms with Gasteiger partial charge in [-0.3, -0.25) is 10.1 Å². The first kappa shape index (κ1) is 19.4. The van der Waals surface area contributed by atoms with Crippen LogP contribution in [0.25, 0.3) is 10.6 Å². The van der Waals surface area contributed by atoms with Gasteiger partial charge in [-0.15, -0.1) is 22.7 Å². The fourth-order valence-electron chi connectivity index (χ4n) is 2.52. The summed E-state index contributed by atoms with van der Waals surface area (Å²) in [6.45, 7) is 6.20. The molecule has 0 atom stereocenters. The van der Waals surface area contributed by atoms with Crippen LogP contribution in [0.4, 0.5) is 5.13 Å². The van der Waals surface area contributed by atoms with Crippen molar-refractivity contribution in [1.29, 1.82) is 0 Å². The molecular weight excluding hydrogens is 380 g/mol. The lowest BCUT2D eigenvalue weighted by Gasteiger charge is -2.23. The van der Waals surface area contributed by atoms with Gasteiger partial charge in [0.1, 0.15) is 11.5 Å². The third-order valence-corrected chi connectivity index (χ3v) is 5.53. The maximum absolute atomic E-state index is 12.3. The van der Waals surface area contributed by atoms with Crippen molar-refractivity contribution in [2.75, 3.05) is 19.0 Å². The highest BCUT2D eigenvalue weighted by atomic mass is 32.1. The first-order chi connectivity index (χ1) is 12.9. The summed E-state index contributed by atoms with van der Waals surface area (Å²) in [4.78, 5) is 17.8. The Morgan fingerprint density at radius 3 is 2.70 bits per heavy atom. The van der Waals surface area contributed by atoms with E-state index < -0.39 is 0 Å². The zero-order valence-electron chi connectivity index (χ0n) is 15.7. The van der Waals surface area contributed by atoms with Crippen LogP contribution < -0.4 is 14.8 Å². The first-order valence-electron chi connectivity index (χ1n) is 8.47. The highest BCUT2D eigenvalue weighted by Crippen LogP contribution is 2.34. The maximum Gasteiger partial charge on any atom is 0.264 e. The van der Waals surface area contributed by atoms with E-state index in [9.17, 15) is 4.79 Å². The zero-order chi connectivity index (χ0) is 19.4. The van der Waals surface area contributed by atoms with Crippen molar-refractivity contribution in [3.63, 3.8) is 0 Å². The van der Waals surface area contributed by atoms with Crippen LogP contribution in [-0.2, 0) is 10.2 Å². The Bertz CT molecular complexity index is 912. The van der Waals surface area contributed by atoms with E-state index in [1.54, 1.807) is 18.4 Å². The third-order valence-electron chi connectivity index (χ3n) is 3.88. The molecule has 27 heavy (non-hydrogen) atoms. The molecule has 0 unspecified atom stereocenters. The lowest BCUT2D eigenvalue weighted by molar-refractivity contribution is -0.118. The number of thiazole rings is 1.